The number of alkyl halides is 3. The van der Waals surface area contributed by atoms with E-state index in [0.717, 1.165) is 12.1 Å². The summed E-state index contributed by atoms with van der Waals surface area (Å²) in [6.45, 7) is 0. The first-order valence-electron chi connectivity index (χ1n) is 4.47. The summed E-state index contributed by atoms with van der Waals surface area (Å²) >= 11 is 0. The average molecular weight is 243 g/mol. The standard InChI is InChI=1S/C11H8F3NO2/c12-11(13,14)8-4-7(5-9(16)6-8)2-1-3-10(15)17/h4-6,16H,3H2,(H2,15,17). The van der Waals surface area contributed by atoms with Crippen LogP contribution in [0.2, 0.25) is 0 Å². The number of phenols is 1. The number of amides is 1. The number of halogens is 3. The molecular weight excluding hydrogens is 235 g/mol. The van der Waals surface area contributed by atoms with Crippen molar-refractivity contribution in [1.82, 2.24) is 0 Å². The average Bonchev–Trinajstić information content (AvgIpc) is 2.14. The molecule has 0 unspecified atom stereocenters. The van der Waals surface area contributed by atoms with Gasteiger partial charge in [0.05, 0.1) is 12.0 Å². The topological polar surface area (TPSA) is 63.3 Å². The third-order valence-electron chi connectivity index (χ3n) is 1.74. The molecule has 1 rings (SSSR count). The zero-order chi connectivity index (χ0) is 13.1. The van der Waals surface area contributed by atoms with Gasteiger partial charge in [0.1, 0.15) is 5.75 Å². The third-order valence-corrected chi connectivity index (χ3v) is 1.74. The van der Waals surface area contributed by atoms with E-state index in [1.807, 2.05) is 0 Å². The number of hydrogen-bond donors (Lipinski definition) is 2. The van der Waals surface area contributed by atoms with E-state index in [9.17, 15) is 18.0 Å². The van der Waals surface area contributed by atoms with Crippen molar-refractivity contribution in [3.63, 3.8) is 0 Å². The van der Waals surface area contributed by atoms with Gasteiger partial charge in [0.15, 0.2) is 0 Å². The SMILES string of the molecule is NC(=O)CC#Cc1cc(O)cc(C(F)(F)F)c1. The number of benzene rings is 1. The van der Waals surface area contributed by atoms with Crippen molar-refractivity contribution in [1.29, 1.82) is 0 Å². The quantitative estimate of drug-likeness (QED) is 0.736. The minimum absolute atomic E-state index is 0.0291. The predicted octanol–water partition coefficient (Wildman–Crippen LogP) is 1.64. The normalized spacial score (nSPS) is 10.5. The van der Waals surface area contributed by atoms with Crippen LogP contribution in [0.15, 0.2) is 18.2 Å². The van der Waals surface area contributed by atoms with Crippen molar-refractivity contribution in [2.45, 2.75) is 12.6 Å². The molecule has 0 spiro atoms. The lowest BCUT2D eigenvalue weighted by Crippen LogP contribution is -2.08. The lowest BCUT2D eigenvalue weighted by Gasteiger charge is -2.07. The summed E-state index contributed by atoms with van der Waals surface area (Å²) in [5.41, 5.74) is 3.79. The van der Waals surface area contributed by atoms with Crippen LogP contribution in [0.25, 0.3) is 0 Å². The van der Waals surface area contributed by atoms with Gasteiger partial charge in [0.25, 0.3) is 0 Å². The molecule has 0 aliphatic heterocycles. The van der Waals surface area contributed by atoms with Crippen LogP contribution < -0.4 is 5.73 Å². The molecule has 17 heavy (non-hydrogen) atoms. The van der Waals surface area contributed by atoms with E-state index in [0.29, 0.717) is 6.07 Å². The lowest BCUT2D eigenvalue weighted by molar-refractivity contribution is -0.137. The number of nitrogens with two attached hydrogens (primary N) is 1. The van der Waals surface area contributed by atoms with Gasteiger partial charge in [-0.1, -0.05) is 11.8 Å². The van der Waals surface area contributed by atoms with Crippen molar-refractivity contribution < 1.29 is 23.1 Å². The van der Waals surface area contributed by atoms with E-state index in [1.54, 1.807) is 0 Å². The van der Waals surface area contributed by atoms with Crippen LogP contribution in [0.1, 0.15) is 17.5 Å². The Bertz CT molecular complexity index is 498. The number of rotatable bonds is 1. The summed E-state index contributed by atoms with van der Waals surface area (Å²) in [5, 5.41) is 9.11. The highest BCUT2D eigenvalue weighted by Gasteiger charge is 2.31. The second kappa shape index (κ2) is 4.78. The highest BCUT2D eigenvalue weighted by Crippen LogP contribution is 2.32. The molecule has 0 aromatic heterocycles. The Morgan fingerprint density at radius 3 is 2.53 bits per heavy atom. The van der Waals surface area contributed by atoms with Crippen molar-refractivity contribution in [3.8, 4) is 17.6 Å². The molecule has 3 N–H and O–H groups in total. The number of hydrogen-bond acceptors (Lipinski definition) is 2. The molecule has 0 radical (unpaired) electrons. The first-order valence-corrected chi connectivity index (χ1v) is 4.47. The molecule has 0 aliphatic carbocycles. The molecule has 0 bridgehead atoms. The summed E-state index contributed by atoms with van der Waals surface area (Å²) in [7, 11) is 0. The molecule has 0 fully saturated rings. The predicted molar refractivity (Wildman–Crippen MR) is 53.8 cm³/mol. The third kappa shape index (κ3) is 4.07. The van der Waals surface area contributed by atoms with E-state index in [4.69, 9.17) is 10.8 Å². The maximum absolute atomic E-state index is 12.4. The van der Waals surface area contributed by atoms with E-state index in [2.05, 4.69) is 11.8 Å². The maximum atomic E-state index is 12.4. The van der Waals surface area contributed by atoms with E-state index >= 15 is 0 Å². The van der Waals surface area contributed by atoms with E-state index in [-0.39, 0.29) is 12.0 Å². The lowest BCUT2D eigenvalue weighted by atomic mass is 10.1. The summed E-state index contributed by atoms with van der Waals surface area (Å²) in [4.78, 5) is 10.4. The Hall–Kier alpha value is -2.16. The van der Waals surface area contributed by atoms with Gasteiger partial charge >= 0.3 is 6.18 Å². The molecule has 1 aromatic carbocycles. The fourth-order valence-electron chi connectivity index (χ4n) is 1.08. The molecule has 0 heterocycles. The molecular formula is C11H8F3NO2. The van der Waals surface area contributed by atoms with Gasteiger partial charge < -0.3 is 10.8 Å². The Labute approximate surface area is 95.0 Å². The van der Waals surface area contributed by atoms with Gasteiger partial charge in [-0.2, -0.15) is 13.2 Å². The first-order chi connectivity index (χ1) is 7.79. The van der Waals surface area contributed by atoms with Crippen LogP contribution in [-0.4, -0.2) is 11.0 Å². The maximum Gasteiger partial charge on any atom is 0.416 e. The minimum Gasteiger partial charge on any atom is -0.508 e. The first kappa shape index (κ1) is 12.9. The smallest absolute Gasteiger partial charge is 0.416 e. The Kier molecular flexibility index (Phi) is 3.63. The van der Waals surface area contributed by atoms with Crippen LogP contribution in [0, 0.1) is 11.8 Å². The Balaban J connectivity index is 3.05. The van der Waals surface area contributed by atoms with Gasteiger partial charge in [-0.25, -0.2) is 0 Å². The monoisotopic (exact) mass is 243 g/mol. The highest BCUT2D eigenvalue weighted by molar-refractivity contribution is 5.76. The number of carbonyl (C=O) groups excluding carboxylic acids is 1. The summed E-state index contributed by atoms with van der Waals surface area (Å²) < 4.78 is 37.1. The van der Waals surface area contributed by atoms with Crippen LogP contribution in [0.3, 0.4) is 0 Å². The Morgan fingerprint density at radius 2 is 2.00 bits per heavy atom. The van der Waals surface area contributed by atoms with Gasteiger partial charge in [-0.05, 0) is 18.2 Å². The summed E-state index contributed by atoms with van der Waals surface area (Å²) in [6, 6.07) is 2.45. The molecule has 0 saturated heterocycles. The molecule has 1 aromatic rings. The van der Waals surface area contributed by atoms with Gasteiger partial charge in [0.2, 0.25) is 5.91 Å². The van der Waals surface area contributed by atoms with E-state index in [1.165, 1.54) is 0 Å². The van der Waals surface area contributed by atoms with Gasteiger partial charge in [0, 0.05) is 5.56 Å². The molecule has 0 saturated carbocycles. The van der Waals surface area contributed by atoms with Crippen molar-refractivity contribution in [2.75, 3.05) is 0 Å². The molecule has 3 nitrogen and oxygen atoms in total. The number of aromatic hydroxyl groups is 1. The molecule has 0 aliphatic rings. The van der Waals surface area contributed by atoms with Crippen molar-refractivity contribution in [3.05, 3.63) is 29.3 Å². The highest BCUT2D eigenvalue weighted by atomic mass is 19.4. The molecule has 90 valence electrons. The van der Waals surface area contributed by atoms with Crippen molar-refractivity contribution >= 4 is 5.91 Å². The number of carbonyl (C=O) groups is 1. The fourth-order valence-corrected chi connectivity index (χ4v) is 1.08. The minimum atomic E-state index is -4.56. The van der Waals surface area contributed by atoms with E-state index < -0.39 is 23.4 Å². The van der Waals surface area contributed by atoms with Crippen molar-refractivity contribution in [2.24, 2.45) is 5.73 Å². The number of primary amides is 1. The second-order valence-electron chi connectivity index (χ2n) is 3.21. The number of phenolic OH excluding ortho intramolecular Hbond substituents is 1. The van der Waals surface area contributed by atoms with Gasteiger partial charge in [-0.15, -0.1) is 0 Å². The summed E-state index contributed by atoms with van der Waals surface area (Å²) in [5.74, 6) is 3.41. The summed E-state index contributed by atoms with van der Waals surface area (Å²) in [6.07, 6.45) is -4.81. The molecule has 0 atom stereocenters. The van der Waals surface area contributed by atoms with Crippen LogP contribution in [0.5, 0.6) is 5.75 Å². The largest absolute Gasteiger partial charge is 0.508 e. The zero-order valence-corrected chi connectivity index (χ0v) is 8.51. The van der Waals surface area contributed by atoms with Crippen LogP contribution in [0.4, 0.5) is 13.2 Å². The molecule has 6 heteroatoms. The van der Waals surface area contributed by atoms with Gasteiger partial charge in [-0.3, -0.25) is 4.79 Å². The zero-order valence-electron chi connectivity index (χ0n) is 8.51. The van der Waals surface area contributed by atoms with Crippen LogP contribution >= 0.6 is 0 Å². The molecule has 1 amide bonds. The van der Waals surface area contributed by atoms with Crippen LogP contribution in [-0.2, 0) is 11.0 Å². The Morgan fingerprint density at radius 1 is 1.35 bits per heavy atom. The second-order valence-corrected chi connectivity index (χ2v) is 3.21. The fraction of sp³-hybridized carbons (Fsp3) is 0.182.